The van der Waals surface area contributed by atoms with E-state index in [0.29, 0.717) is 22.2 Å². The number of carbonyl (C=O) groups is 1. The van der Waals surface area contributed by atoms with Gasteiger partial charge in [0.2, 0.25) is 0 Å². The maximum atomic E-state index is 12.2. The monoisotopic (exact) mass is 290 g/mol. The van der Waals surface area contributed by atoms with Gasteiger partial charge in [-0.2, -0.15) is 0 Å². The number of para-hydroxylation sites is 1. The number of hydrogen-bond acceptors (Lipinski definition) is 3. The molecule has 0 fully saturated rings. The molecule has 5 heteroatoms. The standard InChI is InChI=1S/C15H15ClN2O2/c1-10(2)20-13-6-4-3-5-12(13)15(19)18-11-7-8-14(16)17-9-11/h3-10H,1-2H3,(H,18,19). The molecule has 0 bridgehead atoms. The number of amides is 1. The number of ether oxygens (including phenoxy) is 1. The first-order valence-electron chi connectivity index (χ1n) is 6.25. The van der Waals surface area contributed by atoms with Crippen molar-refractivity contribution in [3.8, 4) is 5.75 Å². The Morgan fingerprint density at radius 2 is 2.00 bits per heavy atom. The van der Waals surface area contributed by atoms with Crippen LogP contribution in [0.1, 0.15) is 24.2 Å². The molecule has 0 aliphatic carbocycles. The molecule has 0 spiro atoms. The summed E-state index contributed by atoms with van der Waals surface area (Å²) in [4.78, 5) is 16.2. The lowest BCUT2D eigenvalue weighted by Crippen LogP contribution is -2.15. The van der Waals surface area contributed by atoms with Crippen LogP contribution in [0.15, 0.2) is 42.6 Å². The number of pyridine rings is 1. The number of halogens is 1. The van der Waals surface area contributed by atoms with Crippen molar-refractivity contribution in [1.29, 1.82) is 0 Å². The highest BCUT2D eigenvalue weighted by Gasteiger charge is 2.13. The van der Waals surface area contributed by atoms with Crippen LogP contribution in [0.4, 0.5) is 5.69 Å². The average Bonchev–Trinajstić information content (AvgIpc) is 2.41. The molecular formula is C15H15ClN2O2. The molecule has 0 unspecified atom stereocenters. The molecule has 1 heterocycles. The van der Waals surface area contributed by atoms with E-state index in [9.17, 15) is 4.79 Å². The first kappa shape index (κ1) is 14.3. The van der Waals surface area contributed by atoms with Gasteiger partial charge in [-0.1, -0.05) is 23.7 Å². The Bertz CT molecular complexity index is 597. The lowest BCUT2D eigenvalue weighted by atomic mass is 10.2. The van der Waals surface area contributed by atoms with Gasteiger partial charge >= 0.3 is 0 Å². The van der Waals surface area contributed by atoms with Crippen molar-refractivity contribution in [3.05, 3.63) is 53.3 Å². The fourth-order valence-electron chi connectivity index (χ4n) is 1.66. The van der Waals surface area contributed by atoms with E-state index >= 15 is 0 Å². The number of carbonyl (C=O) groups excluding carboxylic acids is 1. The second-order valence-corrected chi connectivity index (χ2v) is 4.87. The Hall–Kier alpha value is -2.07. The van der Waals surface area contributed by atoms with Crippen LogP contribution >= 0.6 is 11.6 Å². The molecule has 0 aliphatic heterocycles. The number of benzene rings is 1. The van der Waals surface area contributed by atoms with Gasteiger partial charge in [-0.3, -0.25) is 4.79 Å². The van der Waals surface area contributed by atoms with E-state index in [4.69, 9.17) is 16.3 Å². The highest BCUT2D eigenvalue weighted by Crippen LogP contribution is 2.21. The van der Waals surface area contributed by atoms with Gasteiger partial charge in [0.25, 0.3) is 5.91 Å². The third-order valence-electron chi connectivity index (χ3n) is 2.48. The van der Waals surface area contributed by atoms with Gasteiger partial charge in [-0.05, 0) is 38.1 Å². The summed E-state index contributed by atoms with van der Waals surface area (Å²) in [6.07, 6.45) is 1.51. The summed E-state index contributed by atoms with van der Waals surface area (Å²) in [6, 6.07) is 10.4. The van der Waals surface area contributed by atoms with Crippen LogP contribution in [-0.4, -0.2) is 17.0 Å². The highest BCUT2D eigenvalue weighted by molar-refractivity contribution is 6.29. The molecule has 2 rings (SSSR count). The molecule has 1 N–H and O–H groups in total. The molecule has 0 saturated carbocycles. The maximum Gasteiger partial charge on any atom is 0.259 e. The van der Waals surface area contributed by atoms with Gasteiger partial charge in [0.15, 0.2) is 0 Å². The molecule has 1 aromatic carbocycles. The zero-order valence-electron chi connectivity index (χ0n) is 11.3. The highest BCUT2D eigenvalue weighted by atomic mass is 35.5. The molecule has 4 nitrogen and oxygen atoms in total. The third-order valence-corrected chi connectivity index (χ3v) is 2.70. The molecule has 0 atom stereocenters. The SMILES string of the molecule is CC(C)Oc1ccccc1C(=O)Nc1ccc(Cl)nc1. The number of nitrogens with zero attached hydrogens (tertiary/aromatic N) is 1. The van der Waals surface area contributed by atoms with E-state index in [-0.39, 0.29) is 12.0 Å². The van der Waals surface area contributed by atoms with E-state index in [0.717, 1.165) is 0 Å². The van der Waals surface area contributed by atoms with E-state index in [2.05, 4.69) is 10.3 Å². The minimum absolute atomic E-state index is 0.00106. The fraction of sp³-hybridized carbons (Fsp3) is 0.200. The normalized spacial score (nSPS) is 10.4. The maximum absolute atomic E-state index is 12.2. The van der Waals surface area contributed by atoms with Gasteiger partial charge < -0.3 is 10.1 Å². The second kappa shape index (κ2) is 6.39. The molecular weight excluding hydrogens is 276 g/mol. The second-order valence-electron chi connectivity index (χ2n) is 4.49. The average molecular weight is 291 g/mol. The molecule has 104 valence electrons. The number of hydrogen-bond donors (Lipinski definition) is 1. The van der Waals surface area contributed by atoms with Gasteiger partial charge in [0.1, 0.15) is 10.9 Å². The van der Waals surface area contributed by atoms with Crippen LogP contribution < -0.4 is 10.1 Å². The number of aromatic nitrogens is 1. The summed E-state index contributed by atoms with van der Waals surface area (Å²) in [7, 11) is 0. The van der Waals surface area contributed by atoms with Crippen molar-refractivity contribution in [2.24, 2.45) is 0 Å². The predicted octanol–water partition coefficient (Wildman–Crippen LogP) is 3.77. The number of rotatable bonds is 4. The van der Waals surface area contributed by atoms with E-state index in [1.54, 1.807) is 30.3 Å². The van der Waals surface area contributed by atoms with Crippen LogP contribution in [0.25, 0.3) is 0 Å². The summed E-state index contributed by atoms with van der Waals surface area (Å²) < 4.78 is 5.63. The van der Waals surface area contributed by atoms with Gasteiger partial charge in [0.05, 0.1) is 23.6 Å². The number of anilines is 1. The summed E-state index contributed by atoms with van der Waals surface area (Å²) in [6.45, 7) is 3.83. The smallest absolute Gasteiger partial charge is 0.259 e. The first-order valence-corrected chi connectivity index (χ1v) is 6.62. The summed E-state index contributed by atoms with van der Waals surface area (Å²) in [5.41, 5.74) is 1.06. The molecule has 1 amide bonds. The molecule has 20 heavy (non-hydrogen) atoms. The minimum Gasteiger partial charge on any atom is -0.490 e. The lowest BCUT2D eigenvalue weighted by molar-refractivity contribution is 0.102. The van der Waals surface area contributed by atoms with Crippen molar-refractivity contribution in [2.45, 2.75) is 20.0 Å². The Labute approximate surface area is 122 Å². The topological polar surface area (TPSA) is 51.2 Å². The molecule has 2 aromatic rings. The van der Waals surface area contributed by atoms with Crippen molar-refractivity contribution in [2.75, 3.05) is 5.32 Å². The molecule has 1 aromatic heterocycles. The first-order chi connectivity index (χ1) is 9.56. The van der Waals surface area contributed by atoms with Gasteiger partial charge in [-0.15, -0.1) is 0 Å². The summed E-state index contributed by atoms with van der Waals surface area (Å²) >= 11 is 5.70. The van der Waals surface area contributed by atoms with Crippen molar-refractivity contribution in [1.82, 2.24) is 4.98 Å². The van der Waals surface area contributed by atoms with Crippen molar-refractivity contribution in [3.63, 3.8) is 0 Å². The zero-order valence-corrected chi connectivity index (χ0v) is 12.0. The largest absolute Gasteiger partial charge is 0.490 e. The quantitative estimate of drug-likeness (QED) is 0.872. The lowest BCUT2D eigenvalue weighted by Gasteiger charge is -2.13. The van der Waals surface area contributed by atoms with Crippen LogP contribution in [0.3, 0.4) is 0 Å². The van der Waals surface area contributed by atoms with Gasteiger partial charge in [-0.25, -0.2) is 4.98 Å². The molecule has 0 radical (unpaired) electrons. The van der Waals surface area contributed by atoms with Gasteiger partial charge in [0, 0.05) is 0 Å². The summed E-state index contributed by atoms with van der Waals surface area (Å²) in [5, 5.41) is 3.14. The van der Waals surface area contributed by atoms with Crippen LogP contribution in [0, 0.1) is 0 Å². The Kier molecular flexibility index (Phi) is 4.58. The fourth-order valence-corrected chi connectivity index (χ4v) is 1.77. The Balaban J connectivity index is 2.18. The van der Waals surface area contributed by atoms with Crippen molar-refractivity contribution < 1.29 is 9.53 Å². The number of nitrogens with one attached hydrogen (secondary N) is 1. The molecule has 0 saturated heterocycles. The van der Waals surface area contributed by atoms with E-state index in [1.165, 1.54) is 6.20 Å². The third kappa shape index (κ3) is 3.71. The van der Waals surface area contributed by atoms with Crippen LogP contribution in [0.5, 0.6) is 5.75 Å². The Morgan fingerprint density at radius 1 is 1.25 bits per heavy atom. The van der Waals surface area contributed by atoms with Crippen molar-refractivity contribution >= 4 is 23.2 Å². The zero-order chi connectivity index (χ0) is 14.5. The Morgan fingerprint density at radius 3 is 2.65 bits per heavy atom. The minimum atomic E-state index is -0.245. The molecule has 0 aliphatic rings. The van der Waals surface area contributed by atoms with Crippen LogP contribution in [-0.2, 0) is 0 Å². The van der Waals surface area contributed by atoms with E-state index in [1.807, 2.05) is 19.9 Å². The predicted molar refractivity (Wildman–Crippen MR) is 79.4 cm³/mol. The van der Waals surface area contributed by atoms with Crippen LogP contribution in [0.2, 0.25) is 5.15 Å². The summed E-state index contributed by atoms with van der Waals surface area (Å²) in [5.74, 6) is 0.312. The van der Waals surface area contributed by atoms with E-state index < -0.39 is 0 Å².